The van der Waals surface area contributed by atoms with Crippen molar-refractivity contribution in [3.8, 4) is 0 Å². The molecule has 0 bridgehead atoms. The predicted octanol–water partition coefficient (Wildman–Crippen LogP) is 4.06. The van der Waals surface area contributed by atoms with Gasteiger partial charge in [-0.15, -0.1) is 0 Å². The van der Waals surface area contributed by atoms with Crippen molar-refractivity contribution < 1.29 is 14.3 Å². The molecule has 0 aromatic heterocycles. The smallest absolute Gasteiger partial charge is 0.412 e. The first kappa shape index (κ1) is 18.6. The van der Waals surface area contributed by atoms with Gasteiger partial charge in [0.1, 0.15) is 5.76 Å². The molecular weight excluding hydrogens is 351 g/mol. The molecule has 0 fully saturated rings. The van der Waals surface area contributed by atoms with E-state index in [0.717, 1.165) is 5.56 Å². The molecule has 1 heterocycles. The fourth-order valence-electron chi connectivity index (χ4n) is 2.68. The van der Waals surface area contributed by atoms with Crippen molar-refractivity contribution in [1.82, 2.24) is 10.6 Å². The van der Waals surface area contributed by atoms with E-state index in [-0.39, 0.29) is 11.5 Å². The summed E-state index contributed by atoms with van der Waals surface area (Å²) in [6.45, 7) is 7.74. The number of hydrogen-bond donors (Lipinski definition) is 2. The number of aryl methyl sites for hydroxylation is 1. The Morgan fingerprint density at radius 2 is 2.04 bits per heavy atom. The normalized spacial score (nSPS) is 16.7. The Labute approximate surface area is 151 Å². The van der Waals surface area contributed by atoms with Gasteiger partial charge in [-0.25, -0.2) is 4.79 Å². The highest BCUT2D eigenvalue weighted by Crippen LogP contribution is 2.37. The van der Waals surface area contributed by atoms with E-state index >= 15 is 0 Å². The van der Waals surface area contributed by atoms with Gasteiger partial charge < -0.3 is 15.4 Å². The Kier molecular flexibility index (Phi) is 5.45. The maximum Gasteiger partial charge on any atom is 0.412 e. The van der Waals surface area contributed by atoms with Crippen molar-refractivity contribution >= 4 is 40.8 Å². The van der Waals surface area contributed by atoms with Crippen molar-refractivity contribution in [2.75, 3.05) is 6.54 Å². The van der Waals surface area contributed by atoms with Gasteiger partial charge in [-0.1, -0.05) is 23.2 Å². The average Bonchev–Trinajstić information content (AvgIpc) is 2.39. The lowest BCUT2D eigenvalue weighted by molar-refractivity contribution is -0.117. The average molecular weight is 371 g/mol. The molecule has 1 aliphatic rings. The minimum absolute atomic E-state index is 0.264. The Morgan fingerprint density at radius 1 is 1.38 bits per heavy atom. The second-order valence-corrected chi connectivity index (χ2v) is 7.16. The number of carbonyl (C=O) groups excluding carboxylic acids is 2. The number of rotatable bonds is 3. The fourth-order valence-corrected chi connectivity index (χ4v) is 3.37. The van der Waals surface area contributed by atoms with E-state index in [0.29, 0.717) is 34.3 Å². The molecule has 0 radical (unpaired) electrons. The van der Waals surface area contributed by atoms with Gasteiger partial charge in [0.05, 0.1) is 10.6 Å². The molecule has 1 aliphatic heterocycles. The van der Waals surface area contributed by atoms with Crippen LogP contribution in [0.4, 0.5) is 4.79 Å². The van der Waals surface area contributed by atoms with Crippen LogP contribution >= 0.6 is 23.2 Å². The quantitative estimate of drug-likeness (QED) is 0.842. The van der Waals surface area contributed by atoms with E-state index in [2.05, 4.69) is 10.6 Å². The molecule has 2 N–H and O–H groups in total. The molecule has 0 unspecified atom stereocenters. The SMILES string of the molecule is CCNC(=O)OC1=C(c2c(C)cc(Cl)cc2Cl)C(=O)NC(C)(C)C1. The third-order valence-electron chi connectivity index (χ3n) is 3.60. The third kappa shape index (κ3) is 4.02. The van der Waals surface area contributed by atoms with Gasteiger partial charge in [-0.3, -0.25) is 4.79 Å². The van der Waals surface area contributed by atoms with Gasteiger partial charge in [0.15, 0.2) is 0 Å². The molecule has 7 heteroatoms. The van der Waals surface area contributed by atoms with E-state index < -0.39 is 11.6 Å². The van der Waals surface area contributed by atoms with E-state index in [1.165, 1.54) is 0 Å². The summed E-state index contributed by atoms with van der Waals surface area (Å²) in [6.07, 6.45) is -0.234. The van der Waals surface area contributed by atoms with Crippen LogP contribution in [0.25, 0.3) is 5.57 Å². The minimum atomic E-state index is -0.599. The maximum absolute atomic E-state index is 12.7. The molecule has 1 aromatic carbocycles. The zero-order valence-corrected chi connectivity index (χ0v) is 15.6. The number of amides is 2. The highest BCUT2D eigenvalue weighted by molar-refractivity contribution is 6.38. The van der Waals surface area contributed by atoms with E-state index in [1.807, 2.05) is 13.8 Å². The molecule has 1 aromatic rings. The van der Waals surface area contributed by atoms with Crippen molar-refractivity contribution in [3.63, 3.8) is 0 Å². The molecule has 0 saturated heterocycles. The van der Waals surface area contributed by atoms with Gasteiger partial charge in [0.25, 0.3) is 5.91 Å². The first-order valence-corrected chi connectivity index (χ1v) is 8.37. The number of alkyl carbamates (subject to hydrolysis) is 1. The topological polar surface area (TPSA) is 67.4 Å². The second-order valence-electron chi connectivity index (χ2n) is 6.31. The minimum Gasteiger partial charge on any atom is -0.414 e. The maximum atomic E-state index is 12.7. The van der Waals surface area contributed by atoms with Crippen LogP contribution in [0.5, 0.6) is 0 Å². The first-order chi connectivity index (χ1) is 11.1. The van der Waals surface area contributed by atoms with E-state index in [1.54, 1.807) is 26.0 Å². The van der Waals surface area contributed by atoms with Crippen LogP contribution in [-0.2, 0) is 9.53 Å². The summed E-state index contributed by atoms with van der Waals surface area (Å²) in [7, 11) is 0. The number of halogens is 2. The summed E-state index contributed by atoms with van der Waals surface area (Å²) in [6, 6.07) is 3.28. The lowest BCUT2D eigenvalue weighted by Gasteiger charge is -2.33. The van der Waals surface area contributed by atoms with Crippen molar-refractivity contribution in [1.29, 1.82) is 0 Å². The summed E-state index contributed by atoms with van der Waals surface area (Å²) < 4.78 is 5.42. The molecule has 2 rings (SSSR count). The van der Waals surface area contributed by atoms with Gasteiger partial charge in [-0.05, 0) is 45.4 Å². The Bertz CT molecular complexity index is 704. The van der Waals surface area contributed by atoms with Crippen LogP contribution in [0, 0.1) is 6.92 Å². The summed E-state index contributed by atoms with van der Waals surface area (Å²) in [5, 5.41) is 6.28. The molecule has 2 amide bonds. The van der Waals surface area contributed by atoms with Crippen LogP contribution in [0.15, 0.2) is 17.9 Å². The summed E-state index contributed by atoms with van der Waals surface area (Å²) in [5.74, 6) is -0.0418. The number of carbonyl (C=O) groups is 2. The zero-order valence-electron chi connectivity index (χ0n) is 14.0. The monoisotopic (exact) mass is 370 g/mol. The molecular formula is C17H20Cl2N2O3. The van der Waals surface area contributed by atoms with Crippen molar-refractivity contribution in [2.24, 2.45) is 0 Å². The fraction of sp³-hybridized carbons (Fsp3) is 0.412. The van der Waals surface area contributed by atoms with Gasteiger partial charge in [0.2, 0.25) is 0 Å². The molecule has 0 saturated carbocycles. The number of benzene rings is 1. The summed E-state index contributed by atoms with van der Waals surface area (Å²) >= 11 is 12.3. The van der Waals surface area contributed by atoms with Gasteiger partial charge >= 0.3 is 6.09 Å². The second kappa shape index (κ2) is 7.03. The Balaban J connectivity index is 2.61. The molecule has 5 nitrogen and oxygen atoms in total. The summed E-state index contributed by atoms with van der Waals surface area (Å²) in [4.78, 5) is 24.6. The van der Waals surface area contributed by atoms with Crippen molar-refractivity contribution in [3.05, 3.63) is 39.1 Å². The Hall–Kier alpha value is -1.72. The van der Waals surface area contributed by atoms with Crippen LogP contribution in [-0.4, -0.2) is 24.1 Å². The third-order valence-corrected chi connectivity index (χ3v) is 4.12. The highest BCUT2D eigenvalue weighted by Gasteiger charge is 2.36. The van der Waals surface area contributed by atoms with Crippen LogP contribution in [0.1, 0.15) is 38.3 Å². The van der Waals surface area contributed by atoms with E-state index in [4.69, 9.17) is 27.9 Å². The molecule has 130 valence electrons. The molecule has 24 heavy (non-hydrogen) atoms. The van der Waals surface area contributed by atoms with Crippen LogP contribution < -0.4 is 10.6 Å². The first-order valence-electron chi connectivity index (χ1n) is 7.62. The van der Waals surface area contributed by atoms with Gasteiger partial charge in [0, 0.05) is 29.1 Å². The largest absolute Gasteiger partial charge is 0.414 e. The molecule has 0 aliphatic carbocycles. The lowest BCUT2D eigenvalue weighted by atomic mass is 9.88. The number of hydrogen-bond acceptors (Lipinski definition) is 3. The van der Waals surface area contributed by atoms with Crippen molar-refractivity contribution in [2.45, 2.75) is 39.7 Å². The molecule has 0 atom stereocenters. The zero-order chi connectivity index (χ0) is 18.1. The lowest BCUT2D eigenvalue weighted by Crippen LogP contribution is -2.48. The number of nitrogens with one attached hydrogen (secondary N) is 2. The molecule has 0 spiro atoms. The van der Waals surface area contributed by atoms with E-state index in [9.17, 15) is 9.59 Å². The number of ether oxygens (including phenoxy) is 1. The predicted molar refractivity (Wildman–Crippen MR) is 95.1 cm³/mol. The highest BCUT2D eigenvalue weighted by atomic mass is 35.5. The summed E-state index contributed by atoms with van der Waals surface area (Å²) in [5.41, 5.74) is 0.984. The Morgan fingerprint density at radius 3 is 2.62 bits per heavy atom. The van der Waals surface area contributed by atoms with Crippen LogP contribution in [0.2, 0.25) is 10.0 Å². The van der Waals surface area contributed by atoms with Gasteiger partial charge in [-0.2, -0.15) is 0 Å². The van der Waals surface area contributed by atoms with Crippen LogP contribution in [0.3, 0.4) is 0 Å². The standard InChI is InChI=1S/C17H20Cl2N2O3/c1-5-20-16(23)24-12-8-17(3,4)21-15(22)14(12)13-9(2)6-10(18)7-11(13)19/h6-7H,5,8H2,1-4H3,(H,20,23)(H,21,22).